The van der Waals surface area contributed by atoms with Crippen LogP contribution in [0.3, 0.4) is 0 Å². The van der Waals surface area contributed by atoms with Crippen molar-refractivity contribution in [2.45, 2.75) is 20.0 Å². The van der Waals surface area contributed by atoms with Gasteiger partial charge in [0.1, 0.15) is 5.75 Å². The second kappa shape index (κ2) is 7.63. The molecule has 0 spiro atoms. The van der Waals surface area contributed by atoms with Crippen LogP contribution in [0.15, 0.2) is 42.5 Å². The van der Waals surface area contributed by atoms with Crippen molar-refractivity contribution in [1.29, 1.82) is 0 Å². The molecule has 28 heavy (non-hydrogen) atoms. The zero-order valence-electron chi connectivity index (χ0n) is 15.3. The van der Waals surface area contributed by atoms with E-state index in [4.69, 9.17) is 4.74 Å². The van der Waals surface area contributed by atoms with Gasteiger partial charge < -0.3 is 4.74 Å². The van der Waals surface area contributed by atoms with Gasteiger partial charge in [0.15, 0.2) is 5.13 Å². The second-order valence-corrected chi connectivity index (χ2v) is 7.31. The molecule has 1 heterocycles. The lowest BCUT2D eigenvalue weighted by atomic mass is 10.1. The average Bonchev–Trinajstić information content (AvgIpc) is 3.01. The maximum absolute atomic E-state index is 13.1. The van der Waals surface area contributed by atoms with Crippen LogP contribution >= 0.6 is 11.3 Å². The Balaban J connectivity index is 1.89. The van der Waals surface area contributed by atoms with Crippen molar-refractivity contribution in [1.82, 2.24) is 4.98 Å². The van der Waals surface area contributed by atoms with Crippen LogP contribution in [0.4, 0.5) is 18.3 Å². The number of nitrogens with zero attached hydrogens (tertiary/aromatic N) is 1. The molecule has 0 bridgehead atoms. The number of carbonyl (C=O) groups is 1. The molecule has 2 aromatic carbocycles. The summed E-state index contributed by atoms with van der Waals surface area (Å²) in [6.45, 7) is 3.74. The van der Waals surface area contributed by atoms with Crippen LogP contribution in [-0.2, 0) is 6.18 Å². The first-order valence-corrected chi connectivity index (χ1v) is 9.12. The number of nitrogens with one attached hydrogen (secondary N) is 1. The number of aromatic nitrogens is 1. The van der Waals surface area contributed by atoms with Crippen LogP contribution in [0.5, 0.6) is 5.75 Å². The number of thiazole rings is 1. The zero-order chi connectivity index (χ0) is 20.5. The molecule has 0 aliphatic heterocycles. The molecule has 3 aromatic rings. The van der Waals surface area contributed by atoms with Crippen molar-refractivity contribution in [2.24, 2.45) is 0 Å². The van der Waals surface area contributed by atoms with Gasteiger partial charge in [0, 0.05) is 10.4 Å². The highest BCUT2D eigenvalue weighted by atomic mass is 32.1. The number of hydrogen-bond donors (Lipinski definition) is 1. The first kappa shape index (κ1) is 19.9. The highest BCUT2D eigenvalue weighted by molar-refractivity contribution is 7.16. The minimum atomic E-state index is -4.61. The van der Waals surface area contributed by atoms with Gasteiger partial charge in [-0.25, -0.2) is 4.98 Å². The smallest absolute Gasteiger partial charge is 0.417 e. The number of benzene rings is 2. The monoisotopic (exact) mass is 406 g/mol. The fourth-order valence-electron chi connectivity index (χ4n) is 2.84. The zero-order valence-corrected chi connectivity index (χ0v) is 16.2. The molecular weight excluding hydrogens is 389 g/mol. The fraction of sp³-hybridized carbons (Fsp3) is 0.200. The molecule has 0 unspecified atom stereocenters. The van der Waals surface area contributed by atoms with Gasteiger partial charge >= 0.3 is 6.18 Å². The van der Waals surface area contributed by atoms with Crippen molar-refractivity contribution in [3.05, 3.63) is 64.0 Å². The summed E-state index contributed by atoms with van der Waals surface area (Å²) < 4.78 is 44.6. The van der Waals surface area contributed by atoms with E-state index in [1.54, 1.807) is 7.11 Å². The number of hydrogen-bond acceptors (Lipinski definition) is 4. The Morgan fingerprint density at radius 3 is 2.50 bits per heavy atom. The van der Waals surface area contributed by atoms with Gasteiger partial charge in [-0.2, -0.15) is 13.2 Å². The third-order valence-electron chi connectivity index (χ3n) is 4.16. The Bertz CT molecular complexity index is 1030. The molecule has 0 saturated heterocycles. The lowest BCUT2D eigenvalue weighted by molar-refractivity contribution is -0.137. The molecule has 146 valence electrons. The molecule has 0 atom stereocenters. The Morgan fingerprint density at radius 2 is 1.86 bits per heavy atom. The largest absolute Gasteiger partial charge is 0.496 e. The van der Waals surface area contributed by atoms with Crippen LogP contribution < -0.4 is 10.1 Å². The van der Waals surface area contributed by atoms with E-state index < -0.39 is 23.2 Å². The number of alkyl halides is 3. The van der Waals surface area contributed by atoms with Gasteiger partial charge in [0.25, 0.3) is 5.91 Å². The minimum Gasteiger partial charge on any atom is -0.496 e. The van der Waals surface area contributed by atoms with E-state index in [2.05, 4.69) is 10.3 Å². The van der Waals surface area contributed by atoms with Crippen molar-refractivity contribution >= 4 is 22.4 Å². The number of carbonyl (C=O) groups excluding carboxylic acids is 1. The van der Waals surface area contributed by atoms with E-state index in [0.29, 0.717) is 5.69 Å². The van der Waals surface area contributed by atoms with Crippen LogP contribution in [0.1, 0.15) is 26.4 Å². The van der Waals surface area contributed by atoms with E-state index in [0.717, 1.165) is 33.9 Å². The van der Waals surface area contributed by atoms with Crippen LogP contribution in [-0.4, -0.2) is 18.0 Å². The molecule has 0 saturated carbocycles. The normalized spacial score (nSPS) is 11.4. The van der Waals surface area contributed by atoms with Crippen LogP contribution in [0.25, 0.3) is 11.3 Å². The average molecular weight is 406 g/mol. The Kier molecular flexibility index (Phi) is 5.42. The molecule has 4 nitrogen and oxygen atoms in total. The molecule has 1 amide bonds. The number of amides is 1. The molecule has 0 aliphatic carbocycles. The minimum absolute atomic E-state index is 0.239. The van der Waals surface area contributed by atoms with Gasteiger partial charge in [0.05, 0.1) is 23.9 Å². The number of halogens is 3. The quantitative estimate of drug-likeness (QED) is 0.604. The molecule has 0 fully saturated rings. The Hall–Kier alpha value is -2.87. The molecule has 8 heteroatoms. The summed E-state index contributed by atoms with van der Waals surface area (Å²) in [5, 5.41) is 2.72. The van der Waals surface area contributed by atoms with Gasteiger partial charge in [-0.15, -0.1) is 11.3 Å². The Morgan fingerprint density at radius 1 is 1.14 bits per heavy atom. The highest BCUT2D eigenvalue weighted by Gasteiger charge is 2.35. The maximum atomic E-state index is 13.1. The SMILES string of the molecule is COc1ccc(-c2nc(NC(=O)c3ccccc3C(F)(F)F)sc2C)cc1C. The first-order valence-electron chi connectivity index (χ1n) is 8.30. The lowest BCUT2D eigenvalue weighted by Crippen LogP contribution is -2.18. The maximum Gasteiger partial charge on any atom is 0.417 e. The Labute approximate surface area is 164 Å². The lowest BCUT2D eigenvalue weighted by Gasteiger charge is -2.11. The third-order valence-corrected chi connectivity index (χ3v) is 5.05. The molecule has 0 aliphatic rings. The predicted octanol–water partition coefficient (Wildman–Crippen LogP) is 5.71. The van der Waals surface area contributed by atoms with E-state index >= 15 is 0 Å². The van der Waals surface area contributed by atoms with Gasteiger partial charge in [-0.05, 0) is 49.7 Å². The highest BCUT2D eigenvalue weighted by Crippen LogP contribution is 2.34. The summed E-state index contributed by atoms with van der Waals surface area (Å²) in [5.74, 6) is -0.104. The summed E-state index contributed by atoms with van der Waals surface area (Å²) in [5.41, 5.74) is 1.01. The summed E-state index contributed by atoms with van der Waals surface area (Å²) in [7, 11) is 1.59. The van der Waals surface area contributed by atoms with Crippen molar-refractivity contribution in [3.8, 4) is 17.0 Å². The molecular formula is C20H17F3N2O2S. The van der Waals surface area contributed by atoms with Gasteiger partial charge in [-0.3, -0.25) is 10.1 Å². The van der Waals surface area contributed by atoms with E-state index in [1.165, 1.54) is 23.5 Å². The van der Waals surface area contributed by atoms with E-state index in [1.807, 2.05) is 32.0 Å². The third kappa shape index (κ3) is 4.01. The number of anilines is 1. The van der Waals surface area contributed by atoms with Crippen molar-refractivity contribution in [2.75, 3.05) is 12.4 Å². The predicted molar refractivity (Wildman–Crippen MR) is 103 cm³/mol. The molecule has 1 aromatic heterocycles. The van der Waals surface area contributed by atoms with Gasteiger partial charge in [-0.1, -0.05) is 12.1 Å². The summed E-state index contributed by atoms with van der Waals surface area (Å²) in [6.07, 6.45) is -4.61. The van der Waals surface area contributed by atoms with E-state index in [9.17, 15) is 18.0 Å². The van der Waals surface area contributed by atoms with Crippen LogP contribution in [0, 0.1) is 13.8 Å². The summed E-state index contributed by atoms with van der Waals surface area (Å²) in [6, 6.07) is 10.2. The van der Waals surface area contributed by atoms with Crippen molar-refractivity contribution in [3.63, 3.8) is 0 Å². The van der Waals surface area contributed by atoms with Gasteiger partial charge in [0.2, 0.25) is 0 Å². The summed E-state index contributed by atoms with van der Waals surface area (Å²) in [4.78, 5) is 17.7. The van der Waals surface area contributed by atoms with E-state index in [-0.39, 0.29) is 5.13 Å². The fourth-order valence-corrected chi connectivity index (χ4v) is 3.67. The molecule has 1 N–H and O–H groups in total. The number of aryl methyl sites for hydroxylation is 2. The number of rotatable bonds is 4. The standard InChI is InChI=1S/C20H17F3N2O2S/c1-11-10-13(8-9-16(11)27-3)17-12(2)28-19(24-17)25-18(26)14-6-4-5-7-15(14)20(21,22)23/h4-10H,1-3H3,(H,24,25,26). The molecule has 0 radical (unpaired) electrons. The number of methoxy groups -OCH3 is 1. The van der Waals surface area contributed by atoms with Crippen LogP contribution in [0.2, 0.25) is 0 Å². The topological polar surface area (TPSA) is 51.2 Å². The molecule has 3 rings (SSSR count). The second-order valence-electron chi connectivity index (χ2n) is 6.11. The van der Waals surface area contributed by atoms with Crippen molar-refractivity contribution < 1.29 is 22.7 Å². The first-order chi connectivity index (χ1) is 13.2. The number of ether oxygens (including phenoxy) is 1. The summed E-state index contributed by atoms with van der Waals surface area (Å²) >= 11 is 1.21.